The van der Waals surface area contributed by atoms with Gasteiger partial charge < -0.3 is 14.8 Å². The van der Waals surface area contributed by atoms with E-state index in [1.807, 2.05) is 57.3 Å². The molecular weight excluding hydrogens is 430 g/mol. The smallest absolute Gasteiger partial charge is 0.337 e. The predicted octanol–water partition coefficient (Wildman–Crippen LogP) is 5.53. The van der Waals surface area contributed by atoms with Gasteiger partial charge in [0.1, 0.15) is 11.3 Å². The number of carbonyl (C=O) groups is 1. The molecule has 7 heteroatoms. The summed E-state index contributed by atoms with van der Waals surface area (Å²) in [6, 6.07) is 19.4. The van der Waals surface area contributed by atoms with Crippen LogP contribution in [0.15, 0.2) is 75.9 Å². The largest absolute Gasteiger partial charge is 0.478 e. The number of para-hydroxylation sites is 1. The number of fused-ring (bicyclic) bond motifs is 2. The number of aromatic nitrogens is 2. The number of carboxylic acids is 1. The van der Waals surface area contributed by atoms with E-state index < -0.39 is 5.97 Å². The fourth-order valence-corrected chi connectivity index (χ4v) is 4.42. The summed E-state index contributed by atoms with van der Waals surface area (Å²) in [5, 5.41) is 18.7. The van der Waals surface area contributed by atoms with E-state index in [0.717, 1.165) is 27.7 Å². The van der Waals surface area contributed by atoms with Gasteiger partial charge in [-0.25, -0.2) is 4.79 Å². The predicted molar refractivity (Wildman–Crippen MR) is 132 cm³/mol. The highest BCUT2D eigenvalue weighted by Gasteiger charge is 2.20. The number of nitrogens with one attached hydrogen (secondary N) is 1. The zero-order valence-corrected chi connectivity index (χ0v) is 19.0. The molecule has 2 heterocycles. The number of carboxylic acid groups (broad SMARTS) is 1. The Morgan fingerprint density at radius 1 is 1.06 bits per heavy atom. The Balaban J connectivity index is 1.69. The Hall–Kier alpha value is -4.39. The molecule has 0 bridgehead atoms. The van der Waals surface area contributed by atoms with Crippen molar-refractivity contribution in [3.8, 4) is 11.5 Å². The summed E-state index contributed by atoms with van der Waals surface area (Å²) < 4.78 is 8.10. The molecule has 0 saturated carbocycles. The van der Waals surface area contributed by atoms with Gasteiger partial charge in [0.15, 0.2) is 11.2 Å². The molecule has 5 aromatic rings. The number of hydrogen-bond acceptors (Lipinski definition) is 5. The van der Waals surface area contributed by atoms with Crippen LogP contribution in [0.4, 0.5) is 5.69 Å². The zero-order chi connectivity index (χ0) is 24.0. The average molecular weight is 453 g/mol. The van der Waals surface area contributed by atoms with E-state index in [1.165, 1.54) is 6.07 Å². The fourth-order valence-electron chi connectivity index (χ4n) is 4.42. The lowest BCUT2D eigenvalue weighted by atomic mass is 10.00. The molecule has 34 heavy (non-hydrogen) atoms. The van der Waals surface area contributed by atoms with Crippen molar-refractivity contribution < 1.29 is 14.3 Å². The van der Waals surface area contributed by atoms with Gasteiger partial charge in [0, 0.05) is 29.8 Å². The van der Waals surface area contributed by atoms with Crippen LogP contribution in [0.3, 0.4) is 0 Å². The van der Waals surface area contributed by atoms with E-state index in [-0.39, 0.29) is 17.0 Å². The Morgan fingerprint density at radius 2 is 1.79 bits per heavy atom. The van der Waals surface area contributed by atoms with Crippen LogP contribution < -0.4 is 10.7 Å². The number of benzene rings is 3. The second-order valence-corrected chi connectivity index (χ2v) is 8.41. The second-order valence-electron chi connectivity index (χ2n) is 8.41. The zero-order valence-electron chi connectivity index (χ0n) is 19.0. The number of nitrogens with zero attached hydrogens (tertiary/aromatic N) is 2. The van der Waals surface area contributed by atoms with Crippen molar-refractivity contribution in [1.82, 2.24) is 9.78 Å². The first-order valence-electron chi connectivity index (χ1n) is 10.9. The van der Waals surface area contributed by atoms with Crippen LogP contribution in [0.1, 0.15) is 34.5 Å². The minimum Gasteiger partial charge on any atom is -0.478 e. The highest BCUT2D eigenvalue weighted by atomic mass is 16.4. The van der Waals surface area contributed by atoms with Crippen molar-refractivity contribution in [2.24, 2.45) is 7.05 Å². The number of anilines is 1. The van der Waals surface area contributed by atoms with Crippen LogP contribution in [0.25, 0.3) is 33.3 Å². The van der Waals surface area contributed by atoms with Gasteiger partial charge in [0.25, 0.3) is 0 Å². The normalized spacial score (nSPS) is 12.2. The molecule has 0 aliphatic heterocycles. The molecule has 2 aromatic heterocycles. The van der Waals surface area contributed by atoms with E-state index >= 15 is 0 Å². The summed E-state index contributed by atoms with van der Waals surface area (Å²) in [6.07, 6.45) is 0. The molecule has 1 atom stereocenters. The highest BCUT2D eigenvalue weighted by molar-refractivity contribution is 5.95. The summed E-state index contributed by atoms with van der Waals surface area (Å²) >= 11 is 0. The highest BCUT2D eigenvalue weighted by Crippen LogP contribution is 2.33. The first-order chi connectivity index (χ1) is 16.3. The average Bonchev–Trinajstić information content (AvgIpc) is 3.14. The van der Waals surface area contributed by atoms with Crippen LogP contribution in [0, 0.1) is 6.92 Å². The van der Waals surface area contributed by atoms with Gasteiger partial charge in [-0.05, 0) is 43.7 Å². The lowest BCUT2D eigenvalue weighted by Crippen LogP contribution is -2.12. The molecule has 0 aliphatic rings. The van der Waals surface area contributed by atoms with E-state index in [2.05, 4.69) is 10.4 Å². The quantitative estimate of drug-likeness (QED) is 0.363. The lowest BCUT2D eigenvalue weighted by Gasteiger charge is -2.19. The van der Waals surface area contributed by atoms with E-state index in [1.54, 1.807) is 28.9 Å². The van der Waals surface area contributed by atoms with Crippen LogP contribution in [0.2, 0.25) is 0 Å². The maximum absolute atomic E-state index is 13.2. The summed E-state index contributed by atoms with van der Waals surface area (Å²) in [7, 11) is 1.82. The molecule has 0 amide bonds. The lowest BCUT2D eigenvalue weighted by molar-refractivity contribution is 0.0698. The number of aromatic carboxylic acids is 1. The Bertz CT molecular complexity index is 1630. The SMILES string of the molecule is Cc1cc([C@@H](C)Nc2ccccc2C(=O)O)c2oc(-c3c4ccccc4nn3C)cc(=O)c2c1. The summed E-state index contributed by atoms with van der Waals surface area (Å²) in [4.78, 5) is 24.8. The molecule has 7 nitrogen and oxygen atoms in total. The van der Waals surface area contributed by atoms with E-state index in [0.29, 0.717) is 22.4 Å². The van der Waals surface area contributed by atoms with Gasteiger partial charge in [-0.1, -0.05) is 36.4 Å². The third-order valence-electron chi connectivity index (χ3n) is 5.97. The molecule has 0 aliphatic carbocycles. The molecule has 0 radical (unpaired) electrons. The fraction of sp³-hybridized carbons (Fsp3) is 0.148. The van der Waals surface area contributed by atoms with Crippen molar-refractivity contribution >= 4 is 33.5 Å². The van der Waals surface area contributed by atoms with Crippen molar-refractivity contribution in [1.29, 1.82) is 0 Å². The van der Waals surface area contributed by atoms with Crippen LogP contribution in [-0.2, 0) is 7.05 Å². The third-order valence-corrected chi connectivity index (χ3v) is 5.97. The minimum absolute atomic E-state index is 0.149. The van der Waals surface area contributed by atoms with Crippen LogP contribution in [0.5, 0.6) is 0 Å². The standard InChI is InChI=1S/C27H23N3O4/c1-15-12-19(16(2)28-21-10-6-5-9-18(21)27(32)33)26-20(13-15)23(31)14-24(34-26)25-17-8-4-7-11-22(17)29-30(25)3/h4-14,16,28H,1-3H3,(H,32,33)/t16-/m1/s1. The molecule has 5 rings (SSSR count). The molecule has 0 fully saturated rings. The van der Waals surface area contributed by atoms with Gasteiger partial charge in [-0.3, -0.25) is 9.48 Å². The minimum atomic E-state index is -1.01. The molecule has 0 spiro atoms. The van der Waals surface area contributed by atoms with Gasteiger partial charge >= 0.3 is 5.97 Å². The maximum Gasteiger partial charge on any atom is 0.337 e. The molecule has 0 saturated heterocycles. The van der Waals surface area contributed by atoms with Gasteiger partial charge in [-0.2, -0.15) is 5.10 Å². The van der Waals surface area contributed by atoms with Gasteiger partial charge in [0.05, 0.1) is 22.5 Å². The van der Waals surface area contributed by atoms with Crippen molar-refractivity contribution in [3.05, 3.63) is 93.6 Å². The Labute approximate surface area is 195 Å². The van der Waals surface area contributed by atoms with Gasteiger partial charge in [-0.15, -0.1) is 0 Å². The van der Waals surface area contributed by atoms with E-state index in [4.69, 9.17) is 4.42 Å². The van der Waals surface area contributed by atoms with Crippen molar-refractivity contribution in [2.75, 3.05) is 5.32 Å². The summed E-state index contributed by atoms with van der Waals surface area (Å²) in [5.74, 6) is -0.585. The first-order valence-corrected chi connectivity index (χ1v) is 10.9. The molecular formula is C27H23N3O4. The first kappa shape index (κ1) is 21.5. The Morgan fingerprint density at radius 3 is 2.59 bits per heavy atom. The van der Waals surface area contributed by atoms with E-state index in [9.17, 15) is 14.7 Å². The third kappa shape index (κ3) is 3.61. The molecule has 2 N–H and O–H groups in total. The number of rotatable bonds is 5. The maximum atomic E-state index is 13.2. The van der Waals surface area contributed by atoms with Gasteiger partial charge in [0.2, 0.25) is 0 Å². The summed E-state index contributed by atoms with van der Waals surface area (Å²) in [6.45, 7) is 3.84. The Kier molecular flexibility index (Phi) is 5.17. The topological polar surface area (TPSA) is 97.4 Å². The second kappa shape index (κ2) is 8.19. The number of hydrogen-bond donors (Lipinski definition) is 2. The number of aryl methyl sites for hydroxylation is 2. The molecule has 0 unspecified atom stereocenters. The van der Waals surface area contributed by atoms with Crippen LogP contribution in [-0.4, -0.2) is 20.9 Å². The summed E-state index contributed by atoms with van der Waals surface area (Å²) in [5.41, 5.74) is 4.19. The molecule has 170 valence electrons. The van der Waals surface area contributed by atoms with Crippen molar-refractivity contribution in [2.45, 2.75) is 19.9 Å². The van der Waals surface area contributed by atoms with Crippen LogP contribution >= 0.6 is 0 Å². The van der Waals surface area contributed by atoms with Crippen molar-refractivity contribution in [3.63, 3.8) is 0 Å². The molecule has 3 aromatic carbocycles. The monoisotopic (exact) mass is 453 g/mol.